The van der Waals surface area contributed by atoms with E-state index in [1.165, 1.54) is 24.6 Å². The Balaban J connectivity index is 0.000000322. The Labute approximate surface area is 379 Å². The van der Waals surface area contributed by atoms with Gasteiger partial charge in [-0.05, 0) is 90.8 Å². The maximum absolute atomic E-state index is 9.96. The number of phenolic OH excluding ortho intramolecular Hbond substituents is 4. The SMILES string of the molecule is CCN=Cc1cc(Cl)ccc1O.Oc1ccc(Cl)cc1/C=N/C(/N=C/c1cc(Cl)ccc1O)c1ccccc1.Oc1ccc(Cl)cc1C=NCc1ccccc1.[Cu].[Cu]. The third-order valence-electron chi connectivity index (χ3n) is 7.53. The molecule has 0 heterocycles. The second-order valence-corrected chi connectivity index (χ2v) is 13.5. The van der Waals surface area contributed by atoms with Crippen LogP contribution in [0.1, 0.15) is 46.5 Å². The quantitative estimate of drug-likeness (QED) is 0.0804. The van der Waals surface area contributed by atoms with Crippen molar-refractivity contribution in [3.05, 3.63) is 187 Å². The monoisotopic (exact) mass is 952 g/mol. The van der Waals surface area contributed by atoms with Gasteiger partial charge in [0.1, 0.15) is 23.0 Å². The number of aromatic hydroxyl groups is 4. The molecule has 0 aliphatic rings. The number of rotatable bonds is 10. The first-order chi connectivity index (χ1) is 27.0. The van der Waals surface area contributed by atoms with Gasteiger partial charge in [-0.1, -0.05) is 107 Å². The summed E-state index contributed by atoms with van der Waals surface area (Å²) in [6.07, 6.45) is 5.72. The van der Waals surface area contributed by atoms with Crippen molar-refractivity contribution >= 4 is 71.3 Å². The maximum Gasteiger partial charge on any atom is 0.165 e. The van der Waals surface area contributed by atoms with Crippen LogP contribution < -0.4 is 0 Å². The van der Waals surface area contributed by atoms with Gasteiger partial charge >= 0.3 is 0 Å². The zero-order valence-corrected chi connectivity index (χ0v) is 35.6. The van der Waals surface area contributed by atoms with Gasteiger partial charge < -0.3 is 20.4 Å². The van der Waals surface area contributed by atoms with Crippen molar-refractivity contribution in [3.8, 4) is 23.0 Å². The van der Waals surface area contributed by atoms with Crippen molar-refractivity contribution in [1.82, 2.24) is 0 Å². The first kappa shape index (κ1) is 49.5. The first-order valence-corrected chi connectivity index (χ1v) is 18.6. The molecule has 0 aliphatic carbocycles. The minimum absolute atomic E-state index is 0. The molecule has 0 atom stereocenters. The summed E-state index contributed by atoms with van der Waals surface area (Å²) in [6.45, 7) is 3.22. The molecule has 0 saturated heterocycles. The van der Waals surface area contributed by atoms with Gasteiger partial charge in [-0.15, -0.1) is 0 Å². The fourth-order valence-corrected chi connectivity index (χ4v) is 5.40. The summed E-state index contributed by atoms with van der Waals surface area (Å²) < 4.78 is 0. The average Bonchev–Trinajstić information content (AvgIpc) is 3.20. The van der Waals surface area contributed by atoms with E-state index in [-0.39, 0.29) is 57.1 Å². The molecule has 14 heteroatoms. The smallest absolute Gasteiger partial charge is 0.165 e. The molecule has 0 spiro atoms. The third-order valence-corrected chi connectivity index (χ3v) is 8.47. The van der Waals surface area contributed by atoms with Crippen molar-refractivity contribution < 1.29 is 54.6 Å². The summed E-state index contributed by atoms with van der Waals surface area (Å²) >= 11 is 23.5. The van der Waals surface area contributed by atoms with Crippen LogP contribution in [0.5, 0.6) is 23.0 Å². The van der Waals surface area contributed by atoms with E-state index in [4.69, 9.17) is 46.4 Å². The number of benzene rings is 6. The predicted molar refractivity (Wildman–Crippen MR) is 233 cm³/mol. The number of halogens is 4. The number of phenols is 4. The Hall–Kier alpha value is -4.60. The standard InChI is InChI=1S/C21H16Cl2N2O2.C14H12ClNO.C9H10ClNO.2Cu/c22-17-6-8-19(26)15(10-17)12-24-21(14-4-2-1-3-5-14)25-13-16-11-18(23)7-9-20(16)27;15-13-6-7-14(17)12(8-13)10-16-9-11-4-2-1-3-5-11;1-2-11-6-7-5-8(10)3-4-9(7)12;;/h1-13,21,26-27H;1-8,10,17H,9H2;3-6,12H,2H2,1H3;;/b24-12+,25-13+;;;;. The molecule has 6 aromatic rings. The van der Waals surface area contributed by atoms with Crippen LogP contribution in [-0.4, -0.2) is 51.8 Å². The van der Waals surface area contributed by atoms with Gasteiger partial charge in [0.05, 0.1) is 6.54 Å². The topological polar surface area (TPSA) is 130 Å². The summed E-state index contributed by atoms with van der Waals surface area (Å²) in [5, 5.41) is 41.0. The van der Waals surface area contributed by atoms with Crippen molar-refractivity contribution in [2.24, 2.45) is 20.0 Å². The Morgan fingerprint density at radius 1 is 0.466 bits per heavy atom. The summed E-state index contributed by atoms with van der Waals surface area (Å²) in [7, 11) is 0. The van der Waals surface area contributed by atoms with Gasteiger partial charge in [0.15, 0.2) is 6.17 Å². The van der Waals surface area contributed by atoms with E-state index >= 15 is 0 Å². The predicted octanol–water partition coefficient (Wildman–Crippen LogP) is 11.8. The van der Waals surface area contributed by atoms with Crippen LogP contribution in [0.3, 0.4) is 0 Å². The zero-order valence-electron chi connectivity index (χ0n) is 30.7. The molecular weight excluding hydrogens is 917 g/mol. The summed E-state index contributed by atoms with van der Waals surface area (Å²) in [6, 6.07) is 38.6. The maximum atomic E-state index is 9.96. The van der Waals surface area contributed by atoms with E-state index in [1.54, 1.807) is 73.1 Å². The minimum Gasteiger partial charge on any atom is -0.507 e. The molecule has 0 aliphatic heterocycles. The molecule has 58 heavy (non-hydrogen) atoms. The molecule has 0 fully saturated rings. The van der Waals surface area contributed by atoms with E-state index in [0.29, 0.717) is 55.4 Å². The molecule has 0 unspecified atom stereocenters. The average molecular weight is 956 g/mol. The van der Waals surface area contributed by atoms with Crippen LogP contribution in [0, 0.1) is 0 Å². The second kappa shape index (κ2) is 26.4. The van der Waals surface area contributed by atoms with Crippen LogP contribution in [0.4, 0.5) is 0 Å². The van der Waals surface area contributed by atoms with Gasteiger partial charge in [-0.2, -0.15) is 0 Å². The van der Waals surface area contributed by atoms with Crippen LogP contribution in [0.15, 0.2) is 153 Å². The molecule has 0 aromatic heterocycles. The van der Waals surface area contributed by atoms with Crippen molar-refractivity contribution in [3.63, 3.8) is 0 Å². The molecule has 0 amide bonds. The van der Waals surface area contributed by atoms with E-state index in [2.05, 4.69) is 20.0 Å². The Bertz CT molecular complexity index is 2240. The second-order valence-electron chi connectivity index (χ2n) is 11.7. The van der Waals surface area contributed by atoms with Gasteiger partial charge in [-0.25, -0.2) is 0 Å². The molecule has 6 aromatic carbocycles. The molecule has 308 valence electrons. The number of aliphatic imine (C=N–C) groups is 4. The largest absolute Gasteiger partial charge is 0.507 e. The van der Waals surface area contributed by atoms with Gasteiger partial charge in [0.2, 0.25) is 0 Å². The molecule has 4 N–H and O–H groups in total. The van der Waals surface area contributed by atoms with E-state index in [9.17, 15) is 20.4 Å². The fourth-order valence-electron chi connectivity index (χ4n) is 4.68. The van der Waals surface area contributed by atoms with Gasteiger partial charge in [0, 0.05) is 108 Å². The Morgan fingerprint density at radius 2 is 0.810 bits per heavy atom. The molecule has 0 saturated carbocycles. The van der Waals surface area contributed by atoms with Crippen LogP contribution in [0.25, 0.3) is 0 Å². The van der Waals surface area contributed by atoms with E-state index < -0.39 is 6.17 Å². The zero-order chi connectivity index (χ0) is 40.3. The van der Waals surface area contributed by atoms with Gasteiger partial charge in [-0.3, -0.25) is 20.0 Å². The third kappa shape index (κ3) is 17.1. The molecule has 8 nitrogen and oxygen atoms in total. The molecule has 2 radical (unpaired) electrons. The van der Waals surface area contributed by atoms with Crippen molar-refractivity contribution in [2.75, 3.05) is 6.54 Å². The van der Waals surface area contributed by atoms with E-state index in [0.717, 1.165) is 11.1 Å². The van der Waals surface area contributed by atoms with Crippen molar-refractivity contribution in [1.29, 1.82) is 0 Å². The van der Waals surface area contributed by atoms with Gasteiger partial charge in [0.25, 0.3) is 0 Å². The molecular formula is C44H38Cl4Cu2N4O4. The van der Waals surface area contributed by atoms with Crippen LogP contribution in [0.2, 0.25) is 20.1 Å². The molecule has 0 bridgehead atoms. The summed E-state index contributed by atoms with van der Waals surface area (Å²) in [5.41, 5.74) is 4.25. The Morgan fingerprint density at radius 3 is 1.19 bits per heavy atom. The number of hydrogen-bond acceptors (Lipinski definition) is 8. The normalized spacial score (nSPS) is 10.9. The number of hydrogen-bond donors (Lipinski definition) is 4. The van der Waals surface area contributed by atoms with Crippen LogP contribution in [-0.2, 0) is 40.7 Å². The first-order valence-electron chi connectivity index (χ1n) is 17.1. The summed E-state index contributed by atoms with van der Waals surface area (Å²) in [4.78, 5) is 17.2. The number of nitrogens with zero attached hydrogens (tertiary/aromatic N) is 4. The van der Waals surface area contributed by atoms with Crippen molar-refractivity contribution in [2.45, 2.75) is 19.6 Å². The molecule has 6 rings (SSSR count). The summed E-state index contributed by atoms with van der Waals surface area (Å²) in [5.74, 6) is 0.542. The van der Waals surface area contributed by atoms with Crippen LogP contribution >= 0.6 is 46.4 Å². The fraction of sp³-hybridized carbons (Fsp3) is 0.0909. The Kier molecular flexibility index (Phi) is 22.6. The minimum atomic E-state index is -0.567. The van der Waals surface area contributed by atoms with E-state index in [1.807, 2.05) is 67.6 Å².